The van der Waals surface area contributed by atoms with Gasteiger partial charge in [0, 0.05) is 43.9 Å². The van der Waals surface area contributed by atoms with Gasteiger partial charge in [-0.05, 0) is 26.7 Å². The Hall–Kier alpha value is -2.18. The van der Waals surface area contributed by atoms with E-state index in [1.165, 1.54) is 6.42 Å². The summed E-state index contributed by atoms with van der Waals surface area (Å²) >= 11 is 0. The molecule has 0 bridgehead atoms. The number of hydrogen-bond donors (Lipinski definition) is 0. The monoisotopic (exact) mass is 314 g/mol. The van der Waals surface area contributed by atoms with E-state index in [9.17, 15) is 4.79 Å². The highest BCUT2D eigenvalue weighted by Crippen LogP contribution is 2.29. The molecule has 1 aliphatic heterocycles. The molecule has 2 aliphatic rings. The van der Waals surface area contributed by atoms with Crippen LogP contribution in [0.4, 0.5) is 5.82 Å². The molecule has 0 atom stereocenters. The number of anilines is 1. The molecule has 0 spiro atoms. The van der Waals surface area contributed by atoms with E-state index in [2.05, 4.69) is 26.1 Å². The van der Waals surface area contributed by atoms with Crippen molar-refractivity contribution < 1.29 is 4.79 Å². The van der Waals surface area contributed by atoms with E-state index < -0.39 is 0 Å². The van der Waals surface area contributed by atoms with Crippen LogP contribution < -0.4 is 4.90 Å². The molecule has 1 saturated heterocycles. The first-order valence-corrected chi connectivity index (χ1v) is 8.36. The highest BCUT2D eigenvalue weighted by atomic mass is 16.2. The predicted octanol–water partition coefficient (Wildman–Crippen LogP) is 1.19. The molecule has 0 N–H and O–H groups in total. The molecule has 1 amide bonds. The largest absolute Gasteiger partial charge is 0.353 e. The second kappa shape index (κ2) is 5.47. The number of nitrogens with zero attached hydrogens (tertiary/aromatic N) is 6. The van der Waals surface area contributed by atoms with Crippen molar-refractivity contribution in [2.75, 3.05) is 31.1 Å². The minimum Gasteiger partial charge on any atom is -0.353 e. The molecule has 122 valence electrons. The van der Waals surface area contributed by atoms with Gasteiger partial charge in [0.05, 0.1) is 0 Å². The molecule has 2 aromatic heterocycles. The first-order valence-electron chi connectivity index (χ1n) is 8.36. The molecular formula is C16H22N6O. The normalized spacial score (nSPS) is 19.2. The number of piperazine rings is 1. The van der Waals surface area contributed by atoms with Crippen LogP contribution in [0.1, 0.15) is 30.8 Å². The molecule has 0 unspecified atom stereocenters. The average Bonchev–Trinajstić information content (AvgIpc) is 2.87. The lowest BCUT2D eigenvalue weighted by atomic mass is 9.84. The van der Waals surface area contributed by atoms with Crippen LogP contribution in [0.25, 0.3) is 5.78 Å². The SMILES string of the molecule is Cc1cc(N2CCN(C(=O)C3CCC3)CC2)nc2nnc(C)n12. The van der Waals surface area contributed by atoms with E-state index in [-0.39, 0.29) is 5.92 Å². The average molecular weight is 314 g/mol. The minimum absolute atomic E-state index is 0.289. The third-order valence-electron chi connectivity index (χ3n) is 5.08. The quantitative estimate of drug-likeness (QED) is 0.833. The van der Waals surface area contributed by atoms with Crippen molar-refractivity contribution in [3.63, 3.8) is 0 Å². The van der Waals surface area contributed by atoms with Crippen LogP contribution >= 0.6 is 0 Å². The van der Waals surface area contributed by atoms with Crippen molar-refractivity contribution in [3.05, 3.63) is 17.6 Å². The summed E-state index contributed by atoms with van der Waals surface area (Å²) in [5, 5.41) is 8.22. The Labute approximate surface area is 135 Å². The summed E-state index contributed by atoms with van der Waals surface area (Å²) in [4.78, 5) is 21.2. The van der Waals surface area contributed by atoms with Gasteiger partial charge in [0.1, 0.15) is 11.6 Å². The van der Waals surface area contributed by atoms with Gasteiger partial charge in [-0.1, -0.05) is 6.42 Å². The third-order valence-corrected chi connectivity index (χ3v) is 5.08. The van der Waals surface area contributed by atoms with Crippen LogP contribution in [-0.2, 0) is 4.79 Å². The molecule has 3 heterocycles. The summed E-state index contributed by atoms with van der Waals surface area (Å²) in [6.07, 6.45) is 3.35. The lowest BCUT2D eigenvalue weighted by Crippen LogP contribution is -2.51. The number of rotatable bonds is 2. The summed E-state index contributed by atoms with van der Waals surface area (Å²) in [5.74, 6) is 3.07. The maximum atomic E-state index is 12.3. The predicted molar refractivity (Wildman–Crippen MR) is 86.4 cm³/mol. The summed E-state index contributed by atoms with van der Waals surface area (Å²) in [6, 6.07) is 2.08. The smallest absolute Gasteiger partial charge is 0.257 e. The number of aromatic nitrogens is 4. The van der Waals surface area contributed by atoms with E-state index in [0.717, 1.165) is 56.4 Å². The molecule has 2 aromatic rings. The van der Waals surface area contributed by atoms with Crippen molar-refractivity contribution in [1.29, 1.82) is 0 Å². The lowest BCUT2D eigenvalue weighted by molar-refractivity contribution is -0.138. The summed E-state index contributed by atoms with van der Waals surface area (Å²) in [7, 11) is 0. The Morgan fingerprint density at radius 1 is 1.13 bits per heavy atom. The van der Waals surface area contributed by atoms with Crippen LogP contribution in [0, 0.1) is 19.8 Å². The molecule has 7 heteroatoms. The first kappa shape index (κ1) is 14.4. The number of carbonyl (C=O) groups excluding carboxylic acids is 1. The van der Waals surface area contributed by atoms with Crippen LogP contribution in [0.2, 0.25) is 0 Å². The Balaban J connectivity index is 1.48. The number of aryl methyl sites for hydroxylation is 2. The van der Waals surface area contributed by atoms with Gasteiger partial charge in [0.25, 0.3) is 5.78 Å². The van der Waals surface area contributed by atoms with Gasteiger partial charge in [-0.2, -0.15) is 4.98 Å². The number of hydrogen-bond acceptors (Lipinski definition) is 5. The van der Waals surface area contributed by atoms with E-state index in [4.69, 9.17) is 0 Å². The topological polar surface area (TPSA) is 66.6 Å². The molecule has 0 aromatic carbocycles. The van der Waals surface area contributed by atoms with Gasteiger partial charge in [-0.3, -0.25) is 9.20 Å². The summed E-state index contributed by atoms with van der Waals surface area (Å²) in [6.45, 7) is 7.20. The van der Waals surface area contributed by atoms with E-state index in [0.29, 0.717) is 11.7 Å². The molecule has 0 radical (unpaired) electrons. The number of fused-ring (bicyclic) bond motifs is 1. The third kappa shape index (κ3) is 2.44. The van der Waals surface area contributed by atoms with Gasteiger partial charge in [0.2, 0.25) is 5.91 Å². The zero-order chi connectivity index (χ0) is 16.0. The summed E-state index contributed by atoms with van der Waals surface area (Å²) in [5.41, 5.74) is 1.08. The minimum atomic E-state index is 0.289. The standard InChI is InChI=1S/C16H22N6O/c1-11-10-14(17-16-19-18-12(2)22(11)16)20-6-8-21(9-7-20)15(23)13-4-3-5-13/h10,13H,3-9H2,1-2H3. The van der Waals surface area contributed by atoms with Gasteiger partial charge in [0.15, 0.2) is 0 Å². The Morgan fingerprint density at radius 2 is 1.87 bits per heavy atom. The van der Waals surface area contributed by atoms with Crippen molar-refractivity contribution in [2.24, 2.45) is 5.92 Å². The fraction of sp³-hybridized carbons (Fsp3) is 0.625. The van der Waals surface area contributed by atoms with Gasteiger partial charge in [-0.15, -0.1) is 10.2 Å². The second-order valence-electron chi connectivity index (χ2n) is 6.58. The zero-order valence-electron chi connectivity index (χ0n) is 13.7. The number of carbonyl (C=O) groups is 1. The lowest BCUT2D eigenvalue weighted by Gasteiger charge is -2.38. The van der Waals surface area contributed by atoms with Crippen molar-refractivity contribution in [2.45, 2.75) is 33.1 Å². The fourth-order valence-electron chi connectivity index (χ4n) is 3.45. The Morgan fingerprint density at radius 3 is 2.52 bits per heavy atom. The van der Waals surface area contributed by atoms with E-state index in [1.54, 1.807) is 0 Å². The van der Waals surface area contributed by atoms with E-state index >= 15 is 0 Å². The van der Waals surface area contributed by atoms with Crippen LogP contribution in [0.15, 0.2) is 6.07 Å². The molecule has 2 fully saturated rings. The molecule has 23 heavy (non-hydrogen) atoms. The maximum Gasteiger partial charge on any atom is 0.257 e. The molecule has 4 rings (SSSR count). The second-order valence-corrected chi connectivity index (χ2v) is 6.58. The fourth-order valence-corrected chi connectivity index (χ4v) is 3.45. The number of amides is 1. The Kier molecular flexibility index (Phi) is 3.43. The Bertz CT molecular complexity index is 742. The van der Waals surface area contributed by atoms with Crippen molar-refractivity contribution in [3.8, 4) is 0 Å². The molecule has 7 nitrogen and oxygen atoms in total. The summed E-state index contributed by atoms with van der Waals surface area (Å²) < 4.78 is 1.96. The highest BCUT2D eigenvalue weighted by Gasteiger charge is 2.31. The molecular weight excluding hydrogens is 292 g/mol. The molecule has 1 saturated carbocycles. The van der Waals surface area contributed by atoms with Crippen molar-refractivity contribution >= 4 is 17.5 Å². The van der Waals surface area contributed by atoms with E-state index in [1.807, 2.05) is 23.1 Å². The zero-order valence-corrected chi connectivity index (χ0v) is 13.7. The van der Waals surface area contributed by atoms with Gasteiger partial charge < -0.3 is 9.80 Å². The van der Waals surface area contributed by atoms with Gasteiger partial charge in [-0.25, -0.2) is 0 Å². The van der Waals surface area contributed by atoms with Crippen LogP contribution in [-0.4, -0.2) is 56.6 Å². The van der Waals surface area contributed by atoms with Crippen LogP contribution in [0.5, 0.6) is 0 Å². The molecule has 1 aliphatic carbocycles. The highest BCUT2D eigenvalue weighted by molar-refractivity contribution is 5.79. The maximum absolute atomic E-state index is 12.3. The van der Waals surface area contributed by atoms with Crippen molar-refractivity contribution in [1.82, 2.24) is 24.5 Å². The first-order chi connectivity index (χ1) is 11.1. The van der Waals surface area contributed by atoms with Crippen LogP contribution in [0.3, 0.4) is 0 Å². The van der Waals surface area contributed by atoms with Gasteiger partial charge >= 0.3 is 0 Å².